The molecule has 0 radical (unpaired) electrons. The van der Waals surface area contributed by atoms with Gasteiger partial charge in [-0.05, 0) is 30.2 Å². The average Bonchev–Trinajstić information content (AvgIpc) is 2.47. The van der Waals surface area contributed by atoms with E-state index in [1.165, 1.54) is 4.90 Å². The molecule has 2 aliphatic heterocycles. The Hall–Kier alpha value is -1.61. The minimum atomic E-state index is -5.07. The summed E-state index contributed by atoms with van der Waals surface area (Å²) in [6.07, 6.45) is -5.94. The number of nitrogens with zero attached hydrogens (tertiary/aromatic N) is 1. The van der Waals surface area contributed by atoms with Gasteiger partial charge in [-0.15, -0.1) is 0 Å². The van der Waals surface area contributed by atoms with Crippen LogP contribution in [0.25, 0.3) is 0 Å². The monoisotopic (exact) mass is 392 g/mol. The van der Waals surface area contributed by atoms with E-state index in [1.54, 1.807) is 18.2 Å². The lowest BCUT2D eigenvalue weighted by molar-refractivity contribution is -0.210. The number of amides is 1. The van der Waals surface area contributed by atoms with E-state index in [1.807, 2.05) is 0 Å². The van der Waals surface area contributed by atoms with Gasteiger partial charge in [0, 0.05) is 23.1 Å². The van der Waals surface area contributed by atoms with Gasteiger partial charge >= 0.3 is 12.1 Å². The molecular weight excluding hydrogens is 381 g/mol. The molecule has 1 saturated heterocycles. The third kappa shape index (κ3) is 3.07. The zero-order chi connectivity index (χ0) is 16.8. The van der Waals surface area contributed by atoms with Gasteiger partial charge in [0.2, 0.25) is 0 Å². The van der Waals surface area contributed by atoms with Crippen molar-refractivity contribution in [1.29, 1.82) is 0 Å². The van der Waals surface area contributed by atoms with Gasteiger partial charge < -0.3 is 9.64 Å². The first-order valence-electron chi connectivity index (χ1n) is 6.88. The molecular formula is C14H12BrF3N2O3. The molecule has 2 unspecified atom stereocenters. The molecule has 5 nitrogen and oxygen atoms in total. The van der Waals surface area contributed by atoms with Crippen LogP contribution < -0.4 is 5.32 Å². The average molecular weight is 393 g/mol. The largest absolute Gasteiger partial charge is 0.490 e. The number of hydrogen-bond donors (Lipinski definition) is 1. The molecule has 2 aliphatic rings. The maximum absolute atomic E-state index is 12.5. The SMILES string of the molecule is O=C1c2ccc(Br)cc2CC2C(OC(=O)C(F)(F)F)NCCN12. The summed E-state index contributed by atoms with van der Waals surface area (Å²) >= 11 is 3.31. The van der Waals surface area contributed by atoms with Crippen molar-refractivity contribution in [2.45, 2.75) is 24.9 Å². The number of ether oxygens (including phenoxy) is 1. The van der Waals surface area contributed by atoms with Crippen LogP contribution >= 0.6 is 15.9 Å². The van der Waals surface area contributed by atoms with Crippen LogP contribution in [-0.4, -0.2) is 48.3 Å². The van der Waals surface area contributed by atoms with Crippen LogP contribution in [0, 0.1) is 0 Å². The number of fused-ring (bicyclic) bond motifs is 2. The fraction of sp³-hybridized carbons (Fsp3) is 0.429. The van der Waals surface area contributed by atoms with Gasteiger partial charge in [-0.25, -0.2) is 4.79 Å². The van der Waals surface area contributed by atoms with Gasteiger partial charge in [-0.3, -0.25) is 10.1 Å². The van der Waals surface area contributed by atoms with Crippen molar-refractivity contribution in [2.24, 2.45) is 0 Å². The summed E-state index contributed by atoms with van der Waals surface area (Å²) in [7, 11) is 0. The molecule has 0 aromatic heterocycles. The number of carbonyl (C=O) groups is 2. The minimum absolute atomic E-state index is 0.254. The molecule has 1 aromatic carbocycles. The number of carbonyl (C=O) groups excluding carboxylic acids is 2. The Balaban J connectivity index is 1.87. The van der Waals surface area contributed by atoms with Crippen molar-refractivity contribution in [1.82, 2.24) is 10.2 Å². The second-order valence-corrected chi connectivity index (χ2v) is 6.26. The maximum atomic E-state index is 12.5. The molecule has 0 saturated carbocycles. The lowest BCUT2D eigenvalue weighted by atomic mass is 9.91. The van der Waals surface area contributed by atoms with Crippen molar-refractivity contribution in [3.63, 3.8) is 0 Å². The Bertz CT molecular complexity index is 665. The second kappa shape index (κ2) is 5.79. The Kier molecular flexibility index (Phi) is 4.09. The first-order chi connectivity index (χ1) is 10.8. The van der Waals surface area contributed by atoms with Gasteiger partial charge in [0.05, 0.1) is 6.04 Å². The Morgan fingerprint density at radius 2 is 2.13 bits per heavy atom. The van der Waals surface area contributed by atoms with Crippen LogP contribution in [-0.2, 0) is 16.0 Å². The summed E-state index contributed by atoms with van der Waals surface area (Å²) < 4.78 is 42.5. The Morgan fingerprint density at radius 1 is 1.39 bits per heavy atom. The van der Waals surface area contributed by atoms with Crippen LogP contribution in [0.15, 0.2) is 22.7 Å². The summed E-state index contributed by atoms with van der Waals surface area (Å²) in [6, 6.07) is 4.50. The van der Waals surface area contributed by atoms with E-state index in [4.69, 9.17) is 0 Å². The first-order valence-corrected chi connectivity index (χ1v) is 7.67. The Labute approximate surface area is 137 Å². The number of rotatable bonds is 1. The topological polar surface area (TPSA) is 58.6 Å². The van der Waals surface area contributed by atoms with Gasteiger partial charge in [0.15, 0.2) is 6.23 Å². The fourth-order valence-electron chi connectivity index (χ4n) is 2.88. The van der Waals surface area contributed by atoms with Crippen molar-refractivity contribution >= 4 is 27.8 Å². The normalized spacial score (nSPS) is 24.0. The molecule has 9 heteroatoms. The molecule has 124 valence electrons. The predicted octanol–water partition coefficient (Wildman–Crippen LogP) is 1.85. The number of hydrogen-bond acceptors (Lipinski definition) is 4. The molecule has 1 N–H and O–H groups in total. The van der Waals surface area contributed by atoms with Gasteiger partial charge in [0.1, 0.15) is 0 Å². The second-order valence-electron chi connectivity index (χ2n) is 5.35. The summed E-state index contributed by atoms with van der Waals surface area (Å²) in [5.41, 5.74) is 1.23. The smallest absolute Gasteiger partial charge is 0.438 e. The first kappa shape index (κ1) is 16.3. The number of nitrogens with one attached hydrogen (secondary N) is 1. The van der Waals surface area contributed by atoms with Crippen molar-refractivity contribution in [3.05, 3.63) is 33.8 Å². The lowest BCUT2D eigenvalue weighted by Crippen LogP contribution is -2.63. The molecule has 1 aromatic rings. The highest BCUT2D eigenvalue weighted by Gasteiger charge is 2.46. The number of benzene rings is 1. The van der Waals surface area contributed by atoms with Crippen molar-refractivity contribution < 1.29 is 27.5 Å². The molecule has 0 spiro atoms. The molecule has 1 amide bonds. The fourth-order valence-corrected chi connectivity index (χ4v) is 3.29. The third-order valence-corrected chi connectivity index (χ3v) is 4.39. The van der Waals surface area contributed by atoms with E-state index in [0.29, 0.717) is 24.1 Å². The molecule has 2 atom stereocenters. The summed E-state index contributed by atoms with van der Waals surface area (Å²) in [5.74, 6) is -2.53. The standard InChI is InChI=1S/C14H12BrF3N2O3/c15-8-1-2-9-7(5-8)6-10-11(23-13(22)14(16,17)18)19-3-4-20(10)12(9)21/h1-2,5,10-11,19H,3-4,6H2. The van der Waals surface area contributed by atoms with E-state index in [-0.39, 0.29) is 12.5 Å². The van der Waals surface area contributed by atoms with E-state index in [9.17, 15) is 22.8 Å². The van der Waals surface area contributed by atoms with Gasteiger partial charge in [0.25, 0.3) is 5.91 Å². The molecule has 2 heterocycles. The molecule has 1 fully saturated rings. The lowest BCUT2D eigenvalue weighted by Gasteiger charge is -2.44. The third-order valence-electron chi connectivity index (χ3n) is 3.90. The van der Waals surface area contributed by atoms with E-state index in [2.05, 4.69) is 26.0 Å². The summed E-state index contributed by atoms with van der Waals surface area (Å²) in [6.45, 7) is 0.600. The van der Waals surface area contributed by atoms with Crippen molar-refractivity contribution in [2.75, 3.05) is 13.1 Å². The zero-order valence-corrected chi connectivity index (χ0v) is 13.3. The van der Waals surface area contributed by atoms with E-state index < -0.39 is 24.4 Å². The number of alkyl halides is 3. The maximum Gasteiger partial charge on any atom is 0.490 e. The molecule has 3 rings (SSSR count). The number of piperazine rings is 1. The number of halogens is 4. The van der Waals surface area contributed by atoms with Crippen LogP contribution in [0.2, 0.25) is 0 Å². The van der Waals surface area contributed by atoms with Crippen LogP contribution in [0.4, 0.5) is 13.2 Å². The number of esters is 1. The van der Waals surface area contributed by atoms with Crippen LogP contribution in [0.5, 0.6) is 0 Å². The molecule has 0 bridgehead atoms. The van der Waals surface area contributed by atoms with Crippen LogP contribution in [0.3, 0.4) is 0 Å². The quantitative estimate of drug-likeness (QED) is 0.741. The van der Waals surface area contributed by atoms with E-state index in [0.717, 1.165) is 4.47 Å². The van der Waals surface area contributed by atoms with E-state index >= 15 is 0 Å². The highest BCUT2D eigenvalue weighted by atomic mass is 79.9. The van der Waals surface area contributed by atoms with Gasteiger partial charge in [-0.1, -0.05) is 15.9 Å². The van der Waals surface area contributed by atoms with Gasteiger partial charge in [-0.2, -0.15) is 13.2 Å². The van der Waals surface area contributed by atoms with Crippen LogP contribution in [0.1, 0.15) is 15.9 Å². The highest BCUT2D eigenvalue weighted by Crippen LogP contribution is 2.30. The molecule has 23 heavy (non-hydrogen) atoms. The Morgan fingerprint density at radius 3 is 2.83 bits per heavy atom. The molecule has 0 aliphatic carbocycles. The summed E-state index contributed by atoms with van der Waals surface area (Å²) in [5, 5.41) is 2.74. The predicted molar refractivity (Wildman–Crippen MR) is 76.6 cm³/mol. The highest BCUT2D eigenvalue weighted by molar-refractivity contribution is 9.10. The minimum Gasteiger partial charge on any atom is -0.438 e. The summed E-state index contributed by atoms with van der Waals surface area (Å²) in [4.78, 5) is 25.1. The zero-order valence-electron chi connectivity index (χ0n) is 11.7. The van der Waals surface area contributed by atoms with Crippen molar-refractivity contribution in [3.8, 4) is 0 Å².